The molecule has 0 aromatic carbocycles. The third-order valence-corrected chi connectivity index (χ3v) is 3.52. The Bertz CT molecular complexity index is 151. The fourth-order valence-corrected chi connectivity index (χ4v) is 2.45. The maximum atomic E-state index is 3.59. The number of hydrogen-bond donors (Lipinski definition) is 2. The molecule has 0 saturated heterocycles. The largest absolute Gasteiger partial charge is 0.315 e. The molecule has 0 aliphatic heterocycles. The van der Waals surface area contributed by atoms with Crippen molar-refractivity contribution in [1.29, 1.82) is 0 Å². The quantitative estimate of drug-likeness (QED) is 0.634. The Morgan fingerprint density at radius 3 is 2.27 bits per heavy atom. The van der Waals surface area contributed by atoms with E-state index in [1.807, 2.05) is 0 Å². The van der Waals surface area contributed by atoms with Gasteiger partial charge in [-0.25, -0.2) is 0 Å². The molecule has 1 fully saturated rings. The summed E-state index contributed by atoms with van der Waals surface area (Å²) in [6.45, 7) is 9.25. The Labute approximate surface area is 95.2 Å². The summed E-state index contributed by atoms with van der Waals surface area (Å²) in [5.74, 6) is 0. The van der Waals surface area contributed by atoms with E-state index in [1.165, 1.54) is 45.1 Å². The number of nitrogens with one attached hydrogen (secondary N) is 2. The highest BCUT2D eigenvalue weighted by Crippen LogP contribution is 2.34. The zero-order chi connectivity index (χ0) is 11.0. The van der Waals surface area contributed by atoms with Crippen LogP contribution in [0.15, 0.2) is 0 Å². The van der Waals surface area contributed by atoms with E-state index in [4.69, 9.17) is 0 Å². The van der Waals surface area contributed by atoms with Crippen molar-refractivity contribution >= 4 is 0 Å². The first-order valence-electron chi connectivity index (χ1n) is 6.68. The van der Waals surface area contributed by atoms with Crippen molar-refractivity contribution in [2.75, 3.05) is 26.2 Å². The van der Waals surface area contributed by atoms with Gasteiger partial charge >= 0.3 is 0 Å². The molecule has 1 aliphatic carbocycles. The molecule has 1 rings (SSSR count). The Hall–Kier alpha value is -0.0800. The van der Waals surface area contributed by atoms with E-state index in [-0.39, 0.29) is 0 Å². The standard InChI is InChI=1S/C13H28N2/c1-3-9-14-10-11-15-12-13(2)7-5-4-6-8-13/h14-15H,3-12H2,1-2H3. The topological polar surface area (TPSA) is 24.1 Å². The highest BCUT2D eigenvalue weighted by Gasteiger charge is 2.25. The van der Waals surface area contributed by atoms with Gasteiger partial charge in [-0.2, -0.15) is 0 Å². The van der Waals surface area contributed by atoms with Gasteiger partial charge in [0.2, 0.25) is 0 Å². The van der Waals surface area contributed by atoms with E-state index in [9.17, 15) is 0 Å². The molecule has 0 amide bonds. The van der Waals surface area contributed by atoms with Gasteiger partial charge in [0.05, 0.1) is 0 Å². The molecule has 0 aromatic rings. The van der Waals surface area contributed by atoms with Gasteiger partial charge in [-0.1, -0.05) is 33.1 Å². The molecule has 2 N–H and O–H groups in total. The van der Waals surface area contributed by atoms with Crippen molar-refractivity contribution in [3.63, 3.8) is 0 Å². The second-order valence-corrected chi connectivity index (χ2v) is 5.30. The molecule has 1 saturated carbocycles. The highest BCUT2D eigenvalue weighted by atomic mass is 14.9. The minimum Gasteiger partial charge on any atom is -0.315 e. The van der Waals surface area contributed by atoms with Crippen LogP contribution in [0.1, 0.15) is 52.4 Å². The van der Waals surface area contributed by atoms with E-state index < -0.39 is 0 Å². The van der Waals surface area contributed by atoms with Crippen LogP contribution in [-0.2, 0) is 0 Å². The maximum absolute atomic E-state index is 3.59. The van der Waals surface area contributed by atoms with Crippen LogP contribution in [-0.4, -0.2) is 26.2 Å². The van der Waals surface area contributed by atoms with Gasteiger partial charge in [0.15, 0.2) is 0 Å². The minimum atomic E-state index is 0.586. The van der Waals surface area contributed by atoms with Gasteiger partial charge in [0.1, 0.15) is 0 Å². The zero-order valence-corrected chi connectivity index (χ0v) is 10.6. The van der Waals surface area contributed by atoms with E-state index >= 15 is 0 Å². The summed E-state index contributed by atoms with van der Waals surface area (Å²) in [5.41, 5.74) is 0.586. The van der Waals surface area contributed by atoms with Crippen molar-refractivity contribution in [3.8, 4) is 0 Å². The first-order chi connectivity index (χ1) is 7.27. The van der Waals surface area contributed by atoms with Gasteiger partial charge < -0.3 is 10.6 Å². The number of rotatable bonds is 7. The summed E-state index contributed by atoms with van der Waals surface area (Å²) >= 11 is 0. The molecule has 90 valence electrons. The third kappa shape index (κ3) is 5.53. The van der Waals surface area contributed by atoms with Gasteiger partial charge in [0.25, 0.3) is 0 Å². The lowest BCUT2D eigenvalue weighted by Gasteiger charge is -2.33. The van der Waals surface area contributed by atoms with E-state index in [0.717, 1.165) is 19.6 Å². The predicted molar refractivity (Wildman–Crippen MR) is 67.2 cm³/mol. The molecule has 0 bridgehead atoms. The summed E-state index contributed by atoms with van der Waals surface area (Å²) in [5, 5.41) is 7.01. The lowest BCUT2D eigenvalue weighted by Crippen LogP contribution is -2.37. The lowest BCUT2D eigenvalue weighted by molar-refractivity contribution is 0.208. The molecule has 0 radical (unpaired) electrons. The zero-order valence-electron chi connectivity index (χ0n) is 10.6. The van der Waals surface area contributed by atoms with Crippen LogP contribution in [0, 0.1) is 5.41 Å². The molecule has 0 atom stereocenters. The van der Waals surface area contributed by atoms with E-state index in [0.29, 0.717) is 5.41 Å². The van der Waals surface area contributed by atoms with Crippen LogP contribution in [0.3, 0.4) is 0 Å². The summed E-state index contributed by atoms with van der Waals surface area (Å²) in [4.78, 5) is 0. The molecular formula is C13H28N2. The summed E-state index contributed by atoms with van der Waals surface area (Å²) in [7, 11) is 0. The van der Waals surface area contributed by atoms with Crippen LogP contribution in [0.4, 0.5) is 0 Å². The molecule has 2 nitrogen and oxygen atoms in total. The van der Waals surface area contributed by atoms with Crippen LogP contribution in [0.25, 0.3) is 0 Å². The smallest absolute Gasteiger partial charge is 0.00769 e. The SMILES string of the molecule is CCCNCCNCC1(C)CCCCC1. The van der Waals surface area contributed by atoms with Crippen molar-refractivity contribution in [3.05, 3.63) is 0 Å². The Kier molecular flexibility index (Phi) is 6.26. The molecule has 0 spiro atoms. The summed E-state index contributed by atoms with van der Waals surface area (Å²) in [6, 6.07) is 0. The van der Waals surface area contributed by atoms with Crippen molar-refractivity contribution in [1.82, 2.24) is 10.6 Å². The Balaban J connectivity index is 1.98. The average Bonchev–Trinajstić information content (AvgIpc) is 2.24. The van der Waals surface area contributed by atoms with Gasteiger partial charge in [0, 0.05) is 19.6 Å². The fraction of sp³-hybridized carbons (Fsp3) is 1.00. The molecular weight excluding hydrogens is 184 g/mol. The highest BCUT2D eigenvalue weighted by molar-refractivity contribution is 4.80. The second kappa shape index (κ2) is 7.24. The van der Waals surface area contributed by atoms with Crippen molar-refractivity contribution < 1.29 is 0 Å². The maximum Gasteiger partial charge on any atom is 0.00769 e. The predicted octanol–water partition coefficient (Wildman–Crippen LogP) is 2.55. The lowest BCUT2D eigenvalue weighted by atomic mass is 9.76. The van der Waals surface area contributed by atoms with Gasteiger partial charge in [-0.15, -0.1) is 0 Å². The van der Waals surface area contributed by atoms with E-state index in [2.05, 4.69) is 24.5 Å². The van der Waals surface area contributed by atoms with Crippen LogP contribution < -0.4 is 10.6 Å². The second-order valence-electron chi connectivity index (χ2n) is 5.30. The molecule has 1 aliphatic rings. The molecule has 0 unspecified atom stereocenters. The molecule has 0 heterocycles. The Morgan fingerprint density at radius 2 is 1.60 bits per heavy atom. The third-order valence-electron chi connectivity index (χ3n) is 3.52. The normalized spacial score (nSPS) is 20.4. The van der Waals surface area contributed by atoms with E-state index in [1.54, 1.807) is 0 Å². The average molecular weight is 212 g/mol. The molecule has 2 heteroatoms. The summed E-state index contributed by atoms with van der Waals surface area (Å²) in [6.07, 6.45) is 8.40. The van der Waals surface area contributed by atoms with Crippen LogP contribution >= 0.6 is 0 Å². The monoisotopic (exact) mass is 212 g/mol. The molecule has 15 heavy (non-hydrogen) atoms. The van der Waals surface area contributed by atoms with Crippen molar-refractivity contribution in [2.24, 2.45) is 5.41 Å². The van der Waals surface area contributed by atoms with Crippen LogP contribution in [0.2, 0.25) is 0 Å². The first kappa shape index (κ1) is 13.0. The van der Waals surface area contributed by atoms with Gasteiger partial charge in [-0.05, 0) is 31.2 Å². The first-order valence-corrected chi connectivity index (χ1v) is 6.68. The van der Waals surface area contributed by atoms with Crippen molar-refractivity contribution in [2.45, 2.75) is 52.4 Å². The minimum absolute atomic E-state index is 0.586. The Morgan fingerprint density at radius 1 is 0.933 bits per heavy atom. The fourth-order valence-electron chi connectivity index (χ4n) is 2.45. The molecule has 0 aromatic heterocycles. The summed E-state index contributed by atoms with van der Waals surface area (Å²) < 4.78 is 0. The number of hydrogen-bond acceptors (Lipinski definition) is 2. The van der Waals surface area contributed by atoms with Gasteiger partial charge in [-0.3, -0.25) is 0 Å². The van der Waals surface area contributed by atoms with Crippen LogP contribution in [0.5, 0.6) is 0 Å².